The molecule has 1 aliphatic carbocycles. The maximum absolute atomic E-state index is 18.0. The number of anilines is 1. The molecule has 68 heavy (non-hydrogen) atoms. The topological polar surface area (TPSA) is 113 Å². The van der Waals surface area contributed by atoms with Gasteiger partial charge < -0.3 is 29.1 Å². The first kappa shape index (κ1) is 49.3. The van der Waals surface area contributed by atoms with Gasteiger partial charge in [-0.15, -0.1) is 5.54 Å². The fourth-order valence-corrected chi connectivity index (χ4v) is 16.4. The average Bonchev–Trinajstić information content (AvgIpc) is 3.98. The Kier molecular flexibility index (Phi) is 13.8. The lowest BCUT2D eigenvalue weighted by Gasteiger charge is -2.42. The van der Waals surface area contributed by atoms with Gasteiger partial charge in [0.15, 0.2) is 5.82 Å². The molecule has 366 valence electrons. The molecule has 4 aliphatic rings. The Hall–Kier alpha value is -5.14. The summed E-state index contributed by atoms with van der Waals surface area (Å²) in [6.07, 6.45) is 1.86. The lowest BCUT2D eigenvalue weighted by Crippen LogP contribution is -2.57. The van der Waals surface area contributed by atoms with E-state index in [2.05, 4.69) is 57.9 Å². The highest BCUT2D eigenvalue weighted by Crippen LogP contribution is 2.48. The van der Waals surface area contributed by atoms with Crippen molar-refractivity contribution in [3.05, 3.63) is 53.1 Å². The Morgan fingerprint density at radius 2 is 1.57 bits per heavy atom. The first-order valence-corrected chi connectivity index (χ1v) is 26.6. The van der Waals surface area contributed by atoms with E-state index in [1.54, 1.807) is 13.0 Å². The molecule has 0 radical (unpaired) electrons. The monoisotopic (exact) mass is 958 g/mol. The van der Waals surface area contributed by atoms with Crippen molar-refractivity contribution in [2.75, 3.05) is 50.8 Å². The molecule has 5 heterocycles. The highest BCUT2D eigenvalue weighted by Gasteiger charge is 2.47. The van der Waals surface area contributed by atoms with E-state index in [1.807, 2.05) is 30.6 Å². The number of hydrogen-bond donors (Lipinski definition) is 1. The summed E-state index contributed by atoms with van der Waals surface area (Å²) in [6.45, 7) is 23.2. The van der Waals surface area contributed by atoms with E-state index in [1.165, 1.54) is 18.2 Å². The molecular weight excluding hydrogens is 893 g/mol. The molecule has 1 N–H and O–H groups in total. The summed E-state index contributed by atoms with van der Waals surface area (Å²) in [5.74, 6) is 2.05. The number of amides is 1. The number of carbonyl (C=O) groups excluding carboxylic acids is 1. The Balaban J connectivity index is 1.27. The molecule has 1 saturated carbocycles. The number of fused-ring (bicyclic) bond motifs is 4. The molecule has 0 unspecified atom stereocenters. The van der Waals surface area contributed by atoms with E-state index in [4.69, 9.17) is 29.2 Å². The Labute approximate surface area is 398 Å². The molecule has 2 bridgehead atoms. The number of pyridine rings is 1. The summed E-state index contributed by atoms with van der Waals surface area (Å²) < 4.78 is 79.7. The number of hydrogen-bond acceptors (Lipinski definition) is 10. The molecule has 3 saturated heterocycles. The van der Waals surface area contributed by atoms with Gasteiger partial charge in [-0.3, -0.25) is 4.90 Å². The molecule has 8 rings (SSSR count). The minimum Gasteiger partial charge on any atom is -0.508 e. The summed E-state index contributed by atoms with van der Waals surface area (Å²) >= 11 is 0. The summed E-state index contributed by atoms with van der Waals surface area (Å²) in [5, 5.41) is 12.2. The maximum atomic E-state index is 18.0. The van der Waals surface area contributed by atoms with Gasteiger partial charge in [0.25, 0.3) is 6.08 Å². The second kappa shape index (κ2) is 19.0. The largest absolute Gasteiger partial charge is 0.508 e. The van der Waals surface area contributed by atoms with Crippen LogP contribution in [0.25, 0.3) is 32.9 Å². The van der Waals surface area contributed by atoms with Crippen LogP contribution in [0.5, 0.6) is 17.6 Å². The molecule has 3 aliphatic heterocycles. The molecule has 1 amide bonds. The number of piperidine rings is 1. The number of aromatic hydroxyl groups is 1. The van der Waals surface area contributed by atoms with E-state index >= 15 is 8.78 Å². The van der Waals surface area contributed by atoms with Crippen LogP contribution in [0.4, 0.5) is 28.2 Å². The number of phenols is 1. The number of phenolic OH excluding ortho intramolecular Hbond substituents is 1. The van der Waals surface area contributed by atoms with Gasteiger partial charge in [0.05, 0.1) is 30.9 Å². The number of ether oxygens (including phenoxy) is 3. The third-order valence-corrected chi connectivity index (χ3v) is 21.0. The van der Waals surface area contributed by atoms with E-state index in [0.29, 0.717) is 62.2 Å². The van der Waals surface area contributed by atoms with Crippen molar-refractivity contribution < 1.29 is 41.7 Å². The summed E-state index contributed by atoms with van der Waals surface area (Å²) in [5.41, 5.74) is 3.56. The lowest BCUT2D eigenvalue weighted by molar-refractivity contribution is 0.0122. The Bertz CT molecular complexity index is 2640. The Morgan fingerprint density at radius 3 is 2.15 bits per heavy atom. The SMILES string of the molecule is CCOc1nc(-c2cc(O)cc3ccc(F)c(C#C[Si](C(C)C)(C(C)C)C(C)C)c23)c(F)c2nc(OCC3(CN4CCC(=C(F)F)CC4)CC3)nc(N3C[C@H]4CC[C@@H](C3)N4C(=O)OC(C)(C)C)c12. The van der Waals surface area contributed by atoms with Gasteiger partial charge in [-0.25, -0.2) is 18.6 Å². The van der Waals surface area contributed by atoms with Crippen LogP contribution in [0.1, 0.15) is 113 Å². The number of halogens is 4. The predicted octanol–water partition coefficient (Wildman–Crippen LogP) is 11.8. The number of likely N-dealkylation sites (tertiary alicyclic amines) is 1. The van der Waals surface area contributed by atoms with Crippen LogP contribution in [0.3, 0.4) is 0 Å². The summed E-state index contributed by atoms with van der Waals surface area (Å²) in [4.78, 5) is 34.2. The summed E-state index contributed by atoms with van der Waals surface area (Å²) in [7, 11) is -2.37. The van der Waals surface area contributed by atoms with Gasteiger partial charge in [-0.1, -0.05) is 53.5 Å². The van der Waals surface area contributed by atoms with Crippen molar-refractivity contribution in [1.82, 2.24) is 24.8 Å². The first-order chi connectivity index (χ1) is 32.1. The highest BCUT2D eigenvalue weighted by atomic mass is 28.3. The molecule has 16 heteroatoms. The fourth-order valence-electron chi connectivity index (χ4n) is 11.2. The van der Waals surface area contributed by atoms with Gasteiger partial charge in [0.2, 0.25) is 5.88 Å². The number of piperazine rings is 1. The highest BCUT2D eigenvalue weighted by molar-refractivity contribution is 6.90. The second-order valence-electron chi connectivity index (χ2n) is 21.3. The van der Waals surface area contributed by atoms with E-state index < -0.39 is 31.4 Å². The standard InChI is InChI=1S/C52H66F4N6O5Si/c1-11-65-48-42-45(43(54)44(57-48)39-25-37(63)24-34-12-15-40(53)38(41(34)39)18-23-68(30(2)3,31(4)5)32(6)7)58-49(66-29-52(19-20-52)28-60-21-16-33(17-22-60)46(55)56)59-47(42)61-26-35-13-14-36(27-61)62(35)50(64)67-51(8,9)10/h12,15,24-25,30-32,35-36,63H,11,13-14,16-17,19-22,26-29H2,1-10H3/t35-,36+. The molecule has 4 fully saturated rings. The minimum absolute atomic E-state index is 0.0376. The van der Waals surface area contributed by atoms with Crippen molar-refractivity contribution >= 4 is 41.7 Å². The third kappa shape index (κ3) is 9.58. The lowest BCUT2D eigenvalue weighted by atomic mass is 9.95. The van der Waals surface area contributed by atoms with E-state index in [9.17, 15) is 18.7 Å². The second-order valence-corrected chi connectivity index (χ2v) is 26.9. The van der Waals surface area contributed by atoms with Crippen LogP contribution in [0.15, 0.2) is 35.9 Å². The van der Waals surface area contributed by atoms with E-state index in [-0.39, 0.29) is 104 Å². The zero-order chi connectivity index (χ0) is 49.0. The Morgan fingerprint density at radius 1 is 0.926 bits per heavy atom. The predicted molar refractivity (Wildman–Crippen MR) is 260 cm³/mol. The molecule has 0 spiro atoms. The summed E-state index contributed by atoms with van der Waals surface area (Å²) in [6, 6.07) is 5.24. The molecule has 2 aromatic carbocycles. The van der Waals surface area contributed by atoms with Crippen LogP contribution in [-0.2, 0) is 4.74 Å². The molecule has 2 atom stereocenters. The first-order valence-electron chi connectivity index (χ1n) is 24.3. The van der Waals surface area contributed by atoms with Crippen LogP contribution < -0.4 is 14.4 Å². The number of carbonyl (C=O) groups is 1. The van der Waals surface area contributed by atoms with Crippen molar-refractivity contribution in [1.29, 1.82) is 0 Å². The van der Waals surface area contributed by atoms with Crippen molar-refractivity contribution in [3.63, 3.8) is 0 Å². The molecular formula is C52H66F4N6O5Si. The quantitative estimate of drug-likeness (QED) is 0.0836. The normalized spacial score (nSPS) is 19.6. The molecule has 4 aromatic rings. The molecule has 11 nitrogen and oxygen atoms in total. The van der Waals surface area contributed by atoms with Gasteiger partial charge in [-0.05, 0) is 112 Å². The van der Waals surface area contributed by atoms with Crippen molar-refractivity contribution in [3.8, 4) is 40.4 Å². The van der Waals surface area contributed by atoms with Crippen molar-refractivity contribution in [2.24, 2.45) is 5.41 Å². The van der Waals surface area contributed by atoms with Crippen LogP contribution in [-0.4, -0.2) is 108 Å². The zero-order valence-electron chi connectivity index (χ0n) is 41.2. The fraction of sp³-hybridized carbons (Fsp3) is 0.577. The van der Waals surface area contributed by atoms with Gasteiger partial charge >= 0.3 is 12.1 Å². The zero-order valence-corrected chi connectivity index (χ0v) is 42.2. The number of rotatable bonds is 12. The van der Waals surface area contributed by atoms with Gasteiger partial charge in [-0.2, -0.15) is 18.7 Å². The average molecular weight is 959 g/mol. The smallest absolute Gasteiger partial charge is 0.410 e. The minimum atomic E-state index is -2.37. The van der Waals surface area contributed by atoms with Gasteiger partial charge in [0.1, 0.15) is 47.7 Å². The number of aromatic nitrogens is 3. The van der Waals surface area contributed by atoms with Crippen molar-refractivity contribution in [2.45, 2.75) is 142 Å². The molecule has 2 aromatic heterocycles. The van der Waals surface area contributed by atoms with E-state index in [0.717, 1.165) is 25.7 Å². The number of nitrogens with zero attached hydrogens (tertiary/aromatic N) is 6. The van der Waals surface area contributed by atoms with Crippen LogP contribution in [0, 0.1) is 28.5 Å². The van der Waals surface area contributed by atoms with Crippen LogP contribution >= 0.6 is 0 Å². The third-order valence-electron chi connectivity index (χ3n) is 14.7. The van der Waals surface area contributed by atoms with Gasteiger partial charge in [0, 0.05) is 49.1 Å². The maximum Gasteiger partial charge on any atom is 0.410 e. The van der Waals surface area contributed by atoms with Crippen LogP contribution in [0.2, 0.25) is 16.6 Å². The number of benzene rings is 2.